The van der Waals surface area contributed by atoms with Gasteiger partial charge in [-0.2, -0.15) is 0 Å². The first kappa shape index (κ1) is 14.5. The standard InChI is InChI=1S/C12H13Cl2O2P/c1-3-10-9(2)5-4-6-11(10)17(14,16)8-7-12(13)15/h4-8H,3H2,1-2H3. The molecule has 92 valence electrons. The first-order valence-electron chi connectivity index (χ1n) is 5.15. The SMILES string of the molecule is CCc1c(C)cccc1P(=O)(Cl)C=CC(=O)Cl. The highest BCUT2D eigenvalue weighted by atomic mass is 35.7. The van der Waals surface area contributed by atoms with Crippen LogP contribution in [-0.4, -0.2) is 5.24 Å². The molecule has 0 heterocycles. The van der Waals surface area contributed by atoms with Gasteiger partial charge in [-0.3, -0.25) is 9.36 Å². The van der Waals surface area contributed by atoms with Gasteiger partial charge in [-0.05, 0) is 59.2 Å². The quantitative estimate of drug-likeness (QED) is 0.477. The Morgan fingerprint density at radius 1 is 1.47 bits per heavy atom. The highest BCUT2D eigenvalue weighted by Gasteiger charge is 2.21. The Kier molecular flexibility index (Phi) is 5.00. The summed E-state index contributed by atoms with van der Waals surface area (Å²) in [6.07, 6.45) is 1.78. The highest BCUT2D eigenvalue weighted by molar-refractivity contribution is 7.97. The second-order valence-corrected chi connectivity index (χ2v) is 7.44. The smallest absolute Gasteiger partial charge is 0.245 e. The van der Waals surface area contributed by atoms with E-state index in [1.165, 1.54) is 5.82 Å². The fourth-order valence-electron chi connectivity index (χ4n) is 1.67. The summed E-state index contributed by atoms with van der Waals surface area (Å²) in [4.78, 5) is 10.6. The largest absolute Gasteiger partial charge is 0.297 e. The average molecular weight is 291 g/mol. The molecule has 0 fully saturated rings. The fraction of sp³-hybridized carbons (Fsp3) is 0.250. The third-order valence-electron chi connectivity index (χ3n) is 2.46. The van der Waals surface area contributed by atoms with Gasteiger partial charge in [0.2, 0.25) is 11.7 Å². The normalized spacial score (nSPS) is 14.8. The van der Waals surface area contributed by atoms with Crippen molar-refractivity contribution in [2.75, 3.05) is 0 Å². The van der Waals surface area contributed by atoms with Crippen molar-refractivity contribution in [3.8, 4) is 0 Å². The van der Waals surface area contributed by atoms with Crippen LogP contribution in [-0.2, 0) is 15.8 Å². The minimum absolute atomic E-state index is 0.579. The molecule has 0 N–H and O–H groups in total. The molecule has 0 amide bonds. The van der Waals surface area contributed by atoms with E-state index in [4.69, 9.17) is 22.8 Å². The summed E-state index contributed by atoms with van der Waals surface area (Å²) < 4.78 is 12.3. The minimum atomic E-state index is -3.19. The Bertz CT molecular complexity index is 509. The predicted octanol–water partition coefficient (Wildman–Crippen LogP) is 3.98. The van der Waals surface area contributed by atoms with E-state index < -0.39 is 11.7 Å². The van der Waals surface area contributed by atoms with Gasteiger partial charge in [0.05, 0.1) is 0 Å². The van der Waals surface area contributed by atoms with Gasteiger partial charge in [-0.15, -0.1) is 0 Å². The molecule has 5 heteroatoms. The van der Waals surface area contributed by atoms with Crippen molar-refractivity contribution in [3.05, 3.63) is 41.2 Å². The summed E-state index contributed by atoms with van der Waals surface area (Å²) in [6.45, 7) is 0.718. The molecule has 1 rings (SSSR count). The lowest BCUT2D eigenvalue weighted by Crippen LogP contribution is -2.09. The maximum atomic E-state index is 12.3. The number of rotatable bonds is 4. The molecule has 1 atom stereocenters. The molecule has 0 aromatic heterocycles. The van der Waals surface area contributed by atoms with E-state index in [-0.39, 0.29) is 0 Å². The summed E-state index contributed by atoms with van der Waals surface area (Å²) in [5.41, 5.74) is 1.99. The van der Waals surface area contributed by atoms with Gasteiger partial charge in [0.25, 0.3) is 0 Å². The van der Waals surface area contributed by atoms with Gasteiger partial charge in [0.15, 0.2) is 0 Å². The van der Waals surface area contributed by atoms with Crippen molar-refractivity contribution >= 4 is 39.9 Å². The van der Waals surface area contributed by atoms with E-state index in [9.17, 15) is 9.36 Å². The van der Waals surface area contributed by atoms with Gasteiger partial charge >= 0.3 is 0 Å². The molecule has 1 unspecified atom stereocenters. The van der Waals surface area contributed by atoms with E-state index in [0.717, 1.165) is 23.6 Å². The van der Waals surface area contributed by atoms with E-state index in [1.54, 1.807) is 12.1 Å². The molecule has 0 aliphatic rings. The summed E-state index contributed by atoms with van der Waals surface area (Å²) in [7, 11) is 0. The topological polar surface area (TPSA) is 34.1 Å². The summed E-state index contributed by atoms with van der Waals surface area (Å²) >= 11 is 11.2. The number of aryl methyl sites for hydroxylation is 1. The van der Waals surface area contributed by atoms with Gasteiger partial charge in [0, 0.05) is 11.4 Å². The summed E-state index contributed by atoms with van der Waals surface area (Å²) in [5.74, 6) is 1.19. The number of benzene rings is 1. The number of hydrogen-bond acceptors (Lipinski definition) is 2. The minimum Gasteiger partial charge on any atom is -0.297 e. The van der Waals surface area contributed by atoms with E-state index >= 15 is 0 Å². The zero-order chi connectivity index (χ0) is 13.1. The molecule has 17 heavy (non-hydrogen) atoms. The maximum absolute atomic E-state index is 12.3. The lowest BCUT2D eigenvalue weighted by atomic mass is 10.1. The first-order valence-corrected chi connectivity index (χ1v) is 8.21. The van der Waals surface area contributed by atoms with Gasteiger partial charge in [0.1, 0.15) is 0 Å². The van der Waals surface area contributed by atoms with Crippen molar-refractivity contribution in [1.29, 1.82) is 0 Å². The molecule has 0 saturated carbocycles. The molecule has 0 saturated heterocycles. The fourth-order valence-corrected chi connectivity index (χ4v) is 3.94. The van der Waals surface area contributed by atoms with Crippen LogP contribution in [0.1, 0.15) is 18.1 Å². The second-order valence-electron chi connectivity index (χ2n) is 3.62. The van der Waals surface area contributed by atoms with Crippen LogP contribution in [0.4, 0.5) is 0 Å². The van der Waals surface area contributed by atoms with Crippen molar-refractivity contribution in [1.82, 2.24) is 0 Å². The van der Waals surface area contributed by atoms with Crippen LogP contribution in [0.15, 0.2) is 30.1 Å². The molecule has 2 nitrogen and oxygen atoms in total. The zero-order valence-corrected chi connectivity index (χ0v) is 12.0. The summed E-state index contributed by atoms with van der Waals surface area (Å²) in [5, 5.41) is -0.104. The van der Waals surface area contributed by atoms with Crippen LogP contribution in [0.25, 0.3) is 0 Å². The Balaban J connectivity index is 3.28. The van der Waals surface area contributed by atoms with Gasteiger partial charge in [-0.1, -0.05) is 19.1 Å². The van der Waals surface area contributed by atoms with E-state index in [2.05, 4.69) is 0 Å². The van der Waals surface area contributed by atoms with Crippen molar-refractivity contribution in [2.24, 2.45) is 0 Å². The Hall–Kier alpha value is -0.560. The van der Waals surface area contributed by atoms with E-state index in [1.807, 2.05) is 19.9 Å². The van der Waals surface area contributed by atoms with Crippen LogP contribution in [0.2, 0.25) is 0 Å². The molecule has 0 aliphatic carbocycles. The third kappa shape index (κ3) is 3.70. The Labute approximate surface area is 111 Å². The summed E-state index contributed by atoms with van der Waals surface area (Å²) in [6, 6.07) is 5.47. The maximum Gasteiger partial charge on any atom is 0.245 e. The van der Waals surface area contributed by atoms with Crippen LogP contribution in [0, 0.1) is 6.92 Å². The molecule has 1 aromatic rings. The number of carbonyl (C=O) groups is 1. The zero-order valence-electron chi connectivity index (χ0n) is 9.61. The molecule has 1 aromatic carbocycles. The van der Waals surface area contributed by atoms with Gasteiger partial charge in [-0.25, -0.2) is 0 Å². The van der Waals surface area contributed by atoms with Crippen LogP contribution in [0.3, 0.4) is 0 Å². The second kappa shape index (κ2) is 5.86. The molecule has 0 radical (unpaired) electrons. The number of allylic oxidation sites excluding steroid dienone is 1. The lowest BCUT2D eigenvalue weighted by Gasteiger charge is -2.13. The molecule has 0 spiro atoms. The molecular weight excluding hydrogens is 278 g/mol. The Morgan fingerprint density at radius 2 is 2.12 bits per heavy atom. The number of hydrogen-bond donors (Lipinski definition) is 0. The molecular formula is C12H13Cl2O2P. The van der Waals surface area contributed by atoms with Gasteiger partial charge < -0.3 is 0 Å². The monoisotopic (exact) mass is 290 g/mol. The number of halogens is 2. The van der Waals surface area contributed by atoms with Crippen LogP contribution >= 0.6 is 29.3 Å². The molecule has 0 aliphatic heterocycles. The van der Waals surface area contributed by atoms with Crippen molar-refractivity contribution in [2.45, 2.75) is 20.3 Å². The van der Waals surface area contributed by atoms with Crippen LogP contribution in [0.5, 0.6) is 0 Å². The van der Waals surface area contributed by atoms with Crippen molar-refractivity contribution in [3.63, 3.8) is 0 Å². The van der Waals surface area contributed by atoms with Crippen LogP contribution < -0.4 is 5.30 Å². The molecule has 0 bridgehead atoms. The Morgan fingerprint density at radius 3 is 2.65 bits per heavy atom. The predicted molar refractivity (Wildman–Crippen MR) is 73.7 cm³/mol. The lowest BCUT2D eigenvalue weighted by molar-refractivity contribution is -0.107. The third-order valence-corrected chi connectivity index (χ3v) is 5.08. The van der Waals surface area contributed by atoms with Crippen molar-refractivity contribution < 1.29 is 9.36 Å². The average Bonchev–Trinajstić information content (AvgIpc) is 2.26. The first-order chi connectivity index (χ1) is 7.88. The number of carbonyl (C=O) groups excluding carboxylic acids is 1. The van der Waals surface area contributed by atoms with E-state index in [0.29, 0.717) is 5.30 Å². The highest BCUT2D eigenvalue weighted by Crippen LogP contribution is 2.52.